The number of hydrogen-bond acceptors (Lipinski definition) is 5. The van der Waals surface area contributed by atoms with E-state index >= 15 is 0 Å². The van der Waals surface area contributed by atoms with Crippen molar-refractivity contribution in [1.82, 2.24) is 14.9 Å². The van der Waals surface area contributed by atoms with Crippen LogP contribution in [0.15, 0.2) is 54.9 Å². The molecule has 1 saturated heterocycles. The van der Waals surface area contributed by atoms with Gasteiger partial charge in [0.1, 0.15) is 24.5 Å². The Hall–Kier alpha value is -3.15. The molecule has 0 N–H and O–H groups in total. The van der Waals surface area contributed by atoms with Gasteiger partial charge < -0.3 is 14.5 Å². The van der Waals surface area contributed by atoms with Crippen molar-refractivity contribution in [2.45, 2.75) is 6.42 Å². The van der Waals surface area contributed by atoms with Crippen LogP contribution in [0.5, 0.6) is 5.75 Å². The maximum Gasteiger partial charge on any atom is 0.229 e. The highest BCUT2D eigenvalue weighted by atomic mass is 16.5. The maximum atomic E-state index is 13.0. The Morgan fingerprint density at radius 1 is 0.964 bits per heavy atom. The zero-order valence-corrected chi connectivity index (χ0v) is 15.6. The van der Waals surface area contributed by atoms with Crippen LogP contribution in [0.25, 0.3) is 10.9 Å². The number of carbonyl (C=O) groups is 1. The number of benzene rings is 2. The summed E-state index contributed by atoms with van der Waals surface area (Å²) in [6.45, 7) is 3.42. The smallest absolute Gasteiger partial charge is 0.229 e. The van der Waals surface area contributed by atoms with Gasteiger partial charge in [0.25, 0.3) is 0 Å². The Kier molecular flexibility index (Phi) is 4.31. The van der Waals surface area contributed by atoms with E-state index in [0.29, 0.717) is 19.7 Å². The first-order chi connectivity index (χ1) is 13.8. The fourth-order valence-corrected chi connectivity index (χ4v) is 4.13. The molecule has 6 heteroatoms. The normalized spacial score (nSPS) is 19.2. The quantitative estimate of drug-likeness (QED) is 0.690. The minimum atomic E-state index is -0.0960. The average molecular weight is 374 g/mol. The summed E-state index contributed by atoms with van der Waals surface area (Å²) in [5.41, 5.74) is 2.07. The number of hydrogen-bond donors (Lipinski definition) is 0. The summed E-state index contributed by atoms with van der Waals surface area (Å²) in [6, 6.07) is 16.0. The van der Waals surface area contributed by atoms with Crippen LogP contribution >= 0.6 is 0 Å². The first-order valence-corrected chi connectivity index (χ1v) is 9.74. The summed E-state index contributed by atoms with van der Waals surface area (Å²) in [4.78, 5) is 26.1. The third-order valence-electron chi connectivity index (χ3n) is 5.64. The van der Waals surface area contributed by atoms with Crippen molar-refractivity contribution in [2.75, 3.05) is 37.7 Å². The van der Waals surface area contributed by atoms with Crippen LogP contribution in [0.2, 0.25) is 0 Å². The number of piperazine rings is 1. The lowest BCUT2D eigenvalue weighted by molar-refractivity contribution is -0.137. The van der Waals surface area contributed by atoms with Gasteiger partial charge in [-0.1, -0.05) is 30.3 Å². The SMILES string of the molecule is O=C([C@H]1COc2ccccc2C1)N1CCN(c2ncnc3ccccc23)CC1. The molecule has 0 radical (unpaired) electrons. The van der Waals surface area contributed by atoms with Gasteiger partial charge in [-0.15, -0.1) is 0 Å². The number of anilines is 1. The predicted molar refractivity (Wildman–Crippen MR) is 107 cm³/mol. The maximum absolute atomic E-state index is 13.0. The van der Waals surface area contributed by atoms with Crippen molar-refractivity contribution in [3.63, 3.8) is 0 Å². The lowest BCUT2D eigenvalue weighted by atomic mass is 9.95. The predicted octanol–water partition coefficient (Wildman–Crippen LogP) is 2.53. The first-order valence-electron chi connectivity index (χ1n) is 9.74. The minimum Gasteiger partial charge on any atom is -0.492 e. The minimum absolute atomic E-state index is 0.0960. The van der Waals surface area contributed by atoms with Crippen LogP contribution in [0, 0.1) is 5.92 Å². The molecule has 2 aliphatic rings. The molecule has 2 aromatic carbocycles. The van der Waals surface area contributed by atoms with E-state index in [1.165, 1.54) is 0 Å². The van der Waals surface area contributed by atoms with Gasteiger partial charge in [-0.25, -0.2) is 9.97 Å². The number of nitrogens with zero attached hydrogens (tertiary/aromatic N) is 4. The molecule has 0 unspecified atom stereocenters. The highest BCUT2D eigenvalue weighted by Gasteiger charge is 2.31. The molecule has 1 atom stereocenters. The summed E-state index contributed by atoms with van der Waals surface area (Å²) in [5.74, 6) is 1.96. The number of carbonyl (C=O) groups excluding carboxylic acids is 1. The first kappa shape index (κ1) is 17.0. The molecular formula is C22H22N4O2. The Morgan fingerprint density at radius 2 is 1.75 bits per heavy atom. The van der Waals surface area contributed by atoms with Gasteiger partial charge in [0.05, 0.1) is 11.4 Å². The molecule has 3 aromatic rings. The molecule has 142 valence electrons. The van der Waals surface area contributed by atoms with E-state index in [0.717, 1.165) is 47.5 Å². The lowest BCUT2D eigenvalue weighted by Gasteiger charge is -2.38. The Morgan fingerprint density at radius 3 is 2.64 bits per heavy atom. The number of para-hydroxylation sites is 2. The summed E-state index contributed by atoms with van der Waals surface area (Å²) in [6.07, 6.45) is 2.37. The number of aromatic nitrogens is 2. The number of amides is 1. The standard InChI is InChI=1S/C22H22N4O2/c27-22(17-13-16-5-1-4-8-20(16)28-14-17)26-11-9-25(10-12-26)21-18-6-2-3-7-19(18)23-15-24-21/h1-8,15,17H,9-14H2/t17-/m1/s1. The van der Waals surface area contributed by atoms with Crippen LogP contribution in [-0.4, -0.2) is 53.6 Å². The third-order valence-corrected chi connectivity index (χ3v) is 5.64. The fraction of sp³-hybridized carbons (Fsp3) is 0.318. The second kappa shape index (κ2) is 7.11. The number of ether oxygens (including phenoxy) is 1. The van der Waals surface area contributed by atoms with Crippen LogP contribution in [0.3, 0.4) is 0 Å². The lowest BCUT2D eigenvalue weighted by Crippen LogP contribution is -2.52. The summed E-state index contributed by atoms with van der Waals surface area (Å²) < 4.78 is 5.81. The number of fused-ring (bicyclic) bond motifs is 2. The van der Waals surface area contributed by atoms with Gasteiger partial charge in [-0.05, 0) is 30.2 Å². The zero-order valence-electron chi connectivity index (χ0n) is 15.6. The van der Waals surface area contributed by atoms with E-state index in [4.69, 9.17) is 4.74 Å². The van der Waals surface area contributed by atoms with Crippen molar-refractivity contribution in [1.29, 1.82) is 0 Å². The van der Waals surface area contributed by atoms with Gasteiger partial charge in [0, 0.05) is 31.6 Å². The van der Waals surface area contributed by atoms with Crippen LogP contribution < -0.4 is 9.64 Å². The number of rotatable bonds is 2. The van der Waals surface area contributed by atoms with E-state index in [9.17, 15) is 4.79 Å². The van der Waals surface area contributed by atoms with E-state index in [1.807, 2.05) is 47.4 Å². The van der Waals surface area contributed by atoms with Crippen LogP contribution in [0.4, 0.5) is 5.82 Å². The topological polar surface area (TPSA) is 58.6 Å². The molecular weight excluding hydrogens is 352 g/mol. The van der Waals surface area contributed by atoms with Gasteiger partial charge in [0.15, 0.2) is 0 Å². The highest BCUT2D eigenvalue weighted by molar-refractivity contribution is 5.89. The molecule has 2 aliphatic heterocycles. The fourth-order valence-electron chi connectivity index (χ4n) is 4.13. The molecule has 0 bridgehead atoms. The van der Waals surface area contributed by atoms with E-state index in [2.05, 4.69) is 20.9 Å². The molecule has 0 aliphatic carbocycles. The molecule has 0 saturated carbocycles. The van der Waals surface area contributed by atoms with Crippen molar-refractivity contribution in [3.05, 3.63) is 60.4 Å². The zero-order chi connectivity index (χ0) is 18.9. The van der Waals surface area contributed by atoms with Crippen LogP contribution in [-0.2, 0) is 11.2 Å². The van der Waals surface area contributed by atoms with Crippen molar-refractivity contribution in [3.8, 4) is 5.75 Å². The Bertz CT molecular complexity index is 1010. The van der Waals surface area contributed by atoms with Gasteiger partial charge in [0.2, 0.25) is 5.91 Å². The molecule has 1 aromatic heterocycles. The van der Waals surface area contributed by atoms with Gasteiger partial charge in [-0.3, -0.25) is 4.79 Å². The van der Waals surface area contributed by atoms with Gasteiger partial charge in [-0.2, -0.15) is 0 Å². The average Bonchev–Trinajstić information content (AvgIpc) is 2.78. The summed E-state index contributed by atoms with van der Waals surface area (Å²) in [7, 11) is 0. The molecule has 1 fully saturated rings. The Balaban J connectivity index is 1.27. The van der Waals surface area contributed by atoms with Crippen molar-refractivity contribution < 1.29 is 9.53 Å². The molecule has 1 amide bonds. The van der Waals surface area contributed by atoms with E-state index in [-0.39, 0.29) is 11.8 Å². The van der Waals surface area contributed by atoms with E-state index < -0.39 is 0 Å². The van der Waals surface area contributed by atoms with Crippen molar-refractivity contribution >= 4 is 22.6 Å². The van der Waals surface area contributed by atoms with Crippen molar-refractivity contribution in [2.24, 2.45) is 5.92 Å². The molecule has 3 heterocycles. The summed E-state index contributed by atoms with van der Waals surface area (Å²) >= 11 is 0. The Labute approximate surface area is 163 Å². The second-order valence-corrected chi connectivity index (χ2v) is 7.35. The monoisotopic (exact) mass is 374 g/mol. The molecule has 0 spiro atoms. The van der Waals surface area contributed by atoms with E-state index in [1.54, 1.807) is 6.33 Å². The van der Waals surface area contributed by atoms with Crippen LogP contribution in [0.1, 0.15) is 5.56 Å². The largest absolute Gasteiger partial charge is 0.492 e. The highest BCUT2D eigenvalue weighted by Crippen LogP contribution is 2.28. The molecule has 6 nitrogen and oxygen atoms in total. The summed E-state index contributed by atoms with van der Waals surface area (Å²) in [5, 5.41) is 1.06. The molecule has 28 heavy (non-hydrogen) atoms. The molecule has 5 rings (SSSR count). The van der Waals surface area contributed by atoms with Gasteiger partial charge >= 0.3 is 0 Å². The second-order valence-electron chi connectivity index (χ2n) is 7.35. The third kappa shape index (κ3) is 3.05.